The Morgan fingerprint density at radius 2 is 1.74 bits per heavy atom. The van der Waals surface area contributed by atoms with Gasteiger partial charge in [0.2, 0.25) is 0 Å². The first-order chi connectivity index (χ1) is 11.0. The van der Waals surface area contributed by atoms with E-state index in [2.05, 4.69) is 9.93 Å². The summed E-state index contributed by atoms with van der Waals surface area (Å²) in [6, 6.07) is 13.9. The zero-order valence-electron chi connectivity index (χ0n) is 13.2. The van der Waals surface area contributed by atoms with Crippen LogP contribution in [0.3, 0.4) is 0 Å². The Morgan fingerprint density at radius 1 is 1.09 bits per heavy atom. The number of rotatable bonds is 7. The summed E-state index contributed by atoms with van der Waals surface area (Å²) in [6.07, 6.45) is 2.40. The first kappa shape index (κ1) is 17.0. The summed E-state index contributed by atoms with van der Waals surface area (Å²) in [5, 5.41) is 3.80. The fourth-order valence-electron chi connectivity index (χ4n) is 1.81. The molecule has 23 heavy (non-hydrogen) atoms. The second kappa shape index (κ2) is 7.78. The molecule has 0 amide bonds. The van der Waals surface area contributed by atoms with Crippen LogP contribution in [0.25, 0.3) is 0 Å². The Labute approximate surface area is 137 Å². The van der Waals surface area contributed by atoms with Gasteiger partial charge in [-0.1, -0.05) is 24.6 Å². The highest BCUT2D eigenvalue weighted by Crippen LogP contribution is 2.12. The van der Waals surface area contributed by atoms with Gasteiger partial charge in [-0.15, -0.1) is 0 Å². The second-order valence-corrected chi connectivity index (χ2v) is 6.74. The molecule has 0 aliphatic carbocycles. The average molecular weight is 332 g/mol. The number of hydrogen-bond acceptors (Lipinski definition) is 4. The average Bonchev–Trinajstić information content (AvgIpc) is 2.54. The Bertz CT molecular complexity index is 751. The van der Waals surface area contributed by atoms with Crippen molar-refractivity contribution >= 4 is 16.2 Å². The quantitative estimate of drug-likeness (QED) is 0.626. The predicted octanol–water partition coefficient (Wildman–Crippen LogP) is 3.10. The van der Waals surface area contributed by atoms with Crippen LogP contribution < -0.4 is 9.57 Å². The van der Waals surface area contributed by atoms with Crippen molar-refractivity contribution in [3.05, 3.63) is 59.7 Å². The van der Waals surface area contributed by atoms with Crippen LogP contribution in [0.2, 0.25) is 0 Å². The van der Waals surface area contributed by atoms with E-state index in [1.165, 1.54) is 6.21 Å². The molecule has 0 heterocycles. The molecule has 0 saturated carbocycles. The van der Waals surface area contributed by atoms with Gasteiger partial charge in [-0.25, -0.2) is 4.83 Å². The monoisotopic (exact) mass is 332 g/mol. The van der Waals surface area contributed by atoms with E-state index in [1.807, 2.05) is 38.1 Å². The Balaban J connectivity index is 1.99. The highest BCUT2D eigenvalue weighted by Gasteiger charge is 2.11. The number of hydrogen-bond donors (Lipinski definition) is 1. The van der Waals surface area contributed by atoms with Crippen molar-refractivity contribution in [2.75, 3.05) is 6.61 Å². The summed E-state index contributed by atoms with van der Waals surface area (Å²) in [7, 11) is -3.64. The largest absolute Gasteiger partial charge is 0.494 e. The molecule has 0 bridgehead atoms. The van der Waals surface area contributed by atoms with Crippen LogP contribution >= 0.6 is 0 Å². The fourth-order valence-corrected chi connectivity index (χ4v) is 2.60. The first-order valence-electron chi connectivity index (χ1n) is 7.35. The Morgan fingerprint density at radius 3 is 2.35 bits per heavy atom. The van der Waals surface area contributed by atoms with Crippen LogP contribution in [0.15, 0.2) is 58.5 Å². The van der Waals surface area contributed by atoms with Crippen LogP contribution in [0, 0.1) is 6.92 Å². The zero-order valence-corrected chi connectivity index (χ0v) is 14.0. The topological polar surface area (TPSA) is 67.8 Å². The molecule has 0 saturated heterocycles. The van der Waals surface area contributed by atoms with Gasteiger partial charge in [0.1, 0.15) is 5.75 Å². The normalized spacial score (nSPS) is 11.6. The van der Waals surface area contributed by atoms with E-state index in [0.717, 1.165) is 23.3 Å². The summed E-state index contributed by atoms with van der Waals surface area (Å²) in [5.74, 6) is 0.782. The lowest BCUT2D eigenvalue weighted by molar-refractivity contribution is 0.317. The molecule has 122 valence electrons. The highest BCUT2D eigenvalue weighted by atomic mass is 32.2. The number of benzene rings is 2. The third kappa shape index (κ3) is 5.10. The maximum atomic E-state index is 12.1. The second-order valence-electron chi connectivity index (χ2n) is 5.08. The molecular weight excluding hydrogens is 312 g/mol. The van der Waals surface area contributed by atoms with Crippen molar-refractivity contribution in [3.8, 4) is 5.75 Å². The molecule has 0 aliphatic rings. The Kier molecular flexibility index (Phi) is 5.76. The van der Waals surface area contributed by atoms with Gasteiger partial charge in [0, 0.05) is 0 Å². The Hall–Kier alpha value is -2.34. The number of sulfonamides is 1. The van der Waals surface area contributed by atoms with E-state index < -0.39 is 10.0 Å². The number of nitrogens with zero attached hydrogens (tertiary/aromatic N) is 1. The van der Waals surface area contributed by atoms with Gasteiger partial charge in [-0.3, -0.25) is 0 Å². The molecule has 0 radical (unpaired) electrons. The number of nitrogens with one attached hydrogen (secondary N) is 1. The minimum atomic E-state index is -3.64. The van der Waals surface area contributed by atoms with Crippen molar-refractivity contribution in [3.63, 3.8) is 0 Å². The standard InChI is InChI=1S/C17H20N2O3S/c1-3-12-22-16-8-6-15(7-9-16)13-18-19-23(20,21)17-10-4-14(2)5-11-17/h4-11,13,19H,3,12H2,1-2H3/b18-13+. The molecule has 0 aliphatic heterocycles. The molecule has 0 atom stereocenters. The van der Waals surface area contributed by atoms with Gasteiger partial charge in [0.15, 0.2) is 0 Å². The molecule has 2 rings (SSSR count). The molecule has 0 unspecified atom stereocenters. The van der Waals surface area contributed by atoms with E-state index in [1.54, 1.807) is 24.3 Å². The fraction of sp³-hybridized carbons (Fsp3) is 0.235. The summed E-state index contributed by atoms with van der Waals surface area (Å²) in [5.41, 5.74) is 1.78. The van der Waals surface area contributed by atoms with E-state index in [9.17, 15) is 8.42 Å². The smallest absolute Gasteiger partial charge is 0.276 e. The van der Waals surface area contributed by atoms with E-state index in [4.69, 9.17) is 4.74 Å². The van der Waals surface area contributed by atoms with Crippen LogP contribution in [0.5, 0.6) is 5.75 Å². The van der Waals surface area contributed by atoms with Gasteiger partial charge in [0.25, 0.3) is 10.0 Å². The van der Waals surface area contributed by atoms with E-state index in [-0.39, 0.29) is 4.90 Å². The molecule has 5 nitrogen and oxygen atoms in total. The first-order valence-corrected chi connectivity index (χ1v) is 8.84. The van der Waals surface area contributed by atoms with Crippen LogP contribution in [-0.2, 0) is 10.0 Å². The summed E-state index contributed by atoms with van der Waals surface area (Å²) in [4.78, 5) is 2.39. The van der Waals surface area contributed by atoms with Crippen molar-refractivity contribution in [2.24, 2.45) is 5.10 Å². The molecule has 1 N–H and O–H groups in total. The number of ether oxygens (including phenoxy) is 1. The van der Waals surface area contributed by atoms with Crippen molar-refractivity contribution < 1.29 is 13.2 Å². The lowest BCUT2D eigenvalue weighted by atomic mass is 10.2. The molecule has 2 aromatic carbocycles. The summed E-state index contributed by atoms with van der Waals surface area (Å²) < 4.78 is 29.6. The highest BCUT2D eigenvalue weighted by molar-refractivity contribution is 7.89. The molecule has 2 aromatic rings. The zero-order chi connectivity index (χ0) is 16.7. The minimum Gasteiger partial charge on any atom is -0.494 e. The third-order valence-corrected chi connectivity index (χ3v) is 4.31. The molecular formula is C17H20N2O3S. The SMILES string of the molecule is CCCOc1ccc(/C=N/NS(=O)(=O)c2ccc(C)cc2)cc1. The maximum absolute atomic E-state index is 12.1. The number of aryl methyl sites for hydroxylation is 1. The van der Waals surface area contributed by atoms with Gasteiger partial charge in [-0.05, 0) is 55.3 Å². The molecule has 6 heteroatoms. The minimum absolute atomic E-state index is 0.184. The van der Waals surface area contributed by atoms with Crippen molar-refractivity contribution in [1.82, 2.24) is 4.83 Å². The maximum Gasteiger partial charge on any atom is 0.276 e. The summed E-state index contributed by atoms with van der Waals surface area (Å²) in [6.45, 7) is 4.61. The van der Waals surface area contributed by atoms with Crippen molar-refractivity contribution in [1.29, 1.82) is 0 Å². The van der Waals surface area contributed by atoms with Crippen LogP contribution in [-0.4, -0.2) is 21.2 Å². The van der Waals surface area contributed by atoms with E-state index >= 15 is 0 Å². The van der Waals surface area contributed by atoms with Gasteiger partial charge < -0.3 is 4.74 Å². The summed E-state index contributed by atoms with van der Waals surface area (Å²) >= 11 is 0. The van der Waals surface area contributed by atoms with Gasteiger partial charge >= 0.3 is 0 Å². The van der Waals surface area contributed by atoms with Gasteiger partial charge in [-0.2, -0.15) is 13.5 Å². The van der Waals surface area contributed by atoms with Crippen LogP contribution in [0.1, 0.15) is 24.5 Å². The number of hydrazone groups is 1. The lowest BCUT2D eigenvalue weighted by Gasteiger charge is -2.05. The molecule has 0 aromatic heterocycles. The molecule has 0 spiro atoms. The van der Waals surface area contributed by atoms with Crippen LogP contribution in [0.4, 0.5) is 0 Å². The van der Waals surface area contributed by atoms with Crippen molar-refractivity contribution in [2.45, 2.75) is 25.2 Å². The molecule has 0 fully saturated rings. The lowest BCUT2D eigenvalue weighted by Crippen LogP contribution is -2.18. The third-order valence-electron chi connectivity index (χ3n) is 3.07. The van der Waals surface area contributed by atoms with E-state index in [0.29, 0.717) is 6.61 Å². The van der Waals surface area contributed by atoms with Gasteiger partial charge in [0.05, 0.1) is 17.7 Å². The predicted molar refractivity (Wildman–Crippen MR) is 91.3 cm³/mol.